The van der Waals surface area contributed by atoms with Crippen LogP contribution in [0.25, 0.3) is 11.4 Å². The maximum atomic E-state index is 12.0. The molecule has 28 heavy (non-hydrogen) atoms. The molecule has 0 fully saturated rings. The van der Waals surface area contributed by atoms with Crippen LogP contribution in [-0.4, -0.2) is 28.1 Å². The summed E-state index contributed by atoms with van der Waals surface area (Å²) in [7, 11) is 1.62. The molecule has 148 valence electrons. The summed E-state index contributed by atoms with van der Waals surface area (Å²) < 4.78 is 10.4. The molecule has 8 heteroatoms. The van der Waals surface area contributed by atoms with E-state index in [1.807, 2.05) is 29.6 Å². The SMILES string of the molecule is COc1ccc(-c2noc(CCCC(=O)NCc3csc(C(C)C)n3)n2)cc1. The van der Waals surface area contributed by atoms with Crippen LogP contribution in [0, 0.1) is 0 Å². The van der Waals surface area contributed by atoms with Crippen LogP contribution in [0.15, 0.2) is 34.2 Å². The first-order valence-electron chi connectivity index (χ1n) is 9.23. The summed E-state index contributed by atoms with van der Waals surface area (Å²) in [6.45, 7) is 4.68. The van der Waals surface area contributed by atoms with Gasteiger partial charge in [0.2, 0.25) is 17.6 Å². The van der Waals surface area contributed by atoms with Gasteiger partial charge >= 0.3 is 0 Å². The van der Waals surface area contributed by atoms with E-state index in [4.69, 9.17) is 9.26 Å². The van der Waals surface area contributed by atoms with E-state index in [9.17, 15) is 4.79 Å². The van der Waals surface area contributed by atoms with Crippen LogP contribution < -0.4 is 10.1 Å². The van der Waals surface area contributed by atoms with Crippen LogP contribution in [0.4, 0.5) is 0 Å². The molecule has 0 atom stereocenters. The zero-order valence-electron chi connectivity index (χ0n) is 16.3. The number of ether oxygens (including phenoxy) is 1. The van der Waals surface area contributed by atoms with Crippen LogP contribution in [0.2, 0.25) is 0 Å². The Balaban J connectivity index is 1.42. The van der Waals surface area contributed by atoms with Crippen molar-refractivity contribution in [1.82, 2.24) is 20.4 Å². The second-order valence-electron chi connectivity index (χ2n) is 6.70. The van der Waals surface area contributed by atoms with Crippen molar-refractivity contribution in [2.45, 2.75) is 45.6 Å². The standard InChI is InChI=1S/C20H24N4O3S/c1-13(2)20-22-15(12-28-20)11-21-17(25)5-4-6-18-23-19(24-27-18)14-7-9-16(26-3)10-8-14/h7-10,12-13H,4-6,11H2,1-3H3,(H,21,25). The lowest BCUT2D eigenvalue weighted by molar-refractivity contribution is -0.121. The van der Waals surface area contributed by atoms with Gasteiger partial charge in [-0.15, -0.1) is 11.3 Å². The lowest BCUT2D eigenvalue weighted by Crippen LogP contribution is -2.22. The maximum absolute atomic E-state index is 12.0. The highest BCUT2D eigenvalue weighted by molar-refractivity contribution is 7.09. The van der Waals surface area contributed by atoms with Gasteiger partial charge in [-0.25, -0.2) is 4.98 Å². The number of methoxy groups -OCH3 is 1. The molecule has 7 nitrogen and oxygen atoms in total. The topological polar surface area (TPSA) is 90.1 Å². The lowest BCUT2D eigenvalue weighted by Gasteiger charge is -2.02. The molecule has 0 spiro atoms. The number of carbonyl (C=O) groups excluding carboxylic acids is 1. The van der Waals surface area contributed by atoms with Gasteiger partial charge in [0.1, 0.15) is 5.75 Å². The van der Waals surface area contributed by atoms with Crippen molar-refractivity contribution in [3.05, 3.63) is 46.2 Å². The van der Waals surface area contributed by atoms with Crippen LogP contribution >= 0.6 is 11.3 Å². The molecule has 3 aromatic rings. The number of aromatic nitrogens is 3. The van der Waals surface area contributed by atoms with Gasteiger partial charge in [0.25, 0.3) is 0 Å². The Bertz CT molecular complexity index is 902. The van der Waals surface area contributed by atoms with Gasteiger partial charge in [-0.2, -0.15) is 4.98 Å². The summed E-state index contributed by atoms with van der Waals surface area (Å²) in [6, 6.07) is 7.46. The van der Waals surface area contributed by atoms with E-state index in [1.54, 1.807) is 18.4 Å². The number of nitrogens with one attached hydrogen (secondary N) is 1. The number of thiazole rings is 1. The third kappa shape index (κ3) is 5.39. The van der Waals surface area contributed by atoms with Crippen LogP contribution in [-0.2, 0) is 17.8 Å². The second kappa shape index (κ2) is 9.45. The van der Waals surface area contributed by atoms with Crippen molar-refractivity contribution >= 4 is 17.2 Å². The van der Waals surface area contributed by atoms with Gasteiger partial charge in [-0.3, -0.25) is 4.79 Å². The fraction of sp³-hybridized carbons (Fsp3) is 0.400. The third-order valence-corrected chi connectivity index (χ3v) is 5.33. The highest BCUT2D eigenvalue weighted by atomic mass is 32.1. The number of carbonyl (C=O) groups is 1. The van der Waals surface area contributed by atoms with E-state index >= 15 is 0 Å². The molecule has 1 aromatic carbocycles. The third-order valence-electron chi connectivity index (χ3n) is 4.14. The van der Waals surface area contributed by atoms with Gasteiger partial charge in [0, 0.05) is 29.7 Å². The number of benzene rings is 1. The normalized spacial score (nSPS) is 11.0. The Morgan fingerprint density at radius 2 is 2.04 bits per heavy atom. The largest absolute Gasteiger partial charge is 0.497 e. The molecule has 2 aromatic heterocycles. The molecule has 1 N–H and O–H groups in total. The zero-order valence-corrected chi connectivity index (χ0v) is 17.1. The predicted molar refractivity (Wildman–Crippen MR) is 107 cm³/mol. The summed E-state index contributed by atoms with van der Waals surface area (Å²) in [5.74, 6) is 2.24. The molecule has 0 aliphatic rings. The van der Waals surface area contributed by atoms with E-state index in [1.165, 1.54) is 0 Å². The van der Waals surface area contributed by atoms with Gasteiger partial charge in [-0.1, -0.05) is 19.0 Å². The lowest BCUT2D eigenvalue weighted by atomic mass is 10.2. The molecule has 2 heterocycles. The zero-order chi connectivity index (χ0) is 19.9. The van der Waals surface area contributed by atoms with Crippen molar-refractivity contribution in [2.75, 3.05) is 7.11 Å². The van der Waals surface area contributed by atoms with Crippen molar-refractivity contribution in [2.24, 2.45) is 0 Å². The molecule has 0 saturated carbocycles. The van der Waals surface area contributed by atoms with Crippen LogP contribution in [0.3, 0.4) is 0 Å². The number of rotatable bonds is 9. The quantitative estimate of drug-likeness (QED) is 0.585. The highest BCUT2D eigenvalue weighted by Crippen LogP contribution is 2.20. The molecule has 0 bridgehead atoms. The van der Waals surface area contributed by atoms with E-state index in [-0.39, 0.29) is 5.91 Å². The molecule has 0 aliphatic carbocycles. The fourth-order valence-corrected chi connectivity index (χ4v) is 3.40. The van der Waals surface area contributed by atoms with E-state index in [0.29, 0.717) is 43.4 Å². The predicted octanol–water partition coefficient (Wildman–Crippen LogP) is 3.96. The molecule has 0 aliphatic heterocycles. The molecular weight excluding hydrogens is 376 g/mol. The van der Waals surface area contributed by atoms with Crippen molar-refractivity contribution in [1.29, 1.82) is 0 Å². The average Bonchev–Trinajstić information content (AvgIpc) is 3.36. The summed E-state index contributed by atoms with van der Waals surface area (Å²) in [6.07, 6.45) is 1.61. The van der Waals surface area contributed by atoms with Crippen LogP contribution in [0.1, 0.15) is 49.2 Å². The Morgan fingerprint density at radius 3 is 2.71 bits per heavy atom. The molecule has 3 rings (SSSR count). The fourth-order valence-electron chi connectivity index (χ4n) is 2.56. The second-order valence-corrected chi connectivity index (χ2v) is 7.59. The average molecular weight is 401 g/mol. The van der Waals surface area contributed by atoms with E-state index in [2.05, 4.69) is 34.3 Å². The van der Waals surface area contributed by atoms with Crippen molar-refractivity contribution < 1.29 is 14.1 Å². The maximum Gasteiger partial charge on any atom is 0.226 e. The van der Waals surface area contributed by atoms with E-state index in [0.717, 1.165) is 22.0 Å². The number of aryl methyl sites for hydroxylation is 1. The number of hydrogen-bond donors (Lipinski definition) is 1. The first-order valence-corrected chi connectivity index (χ1v) is 10.1. The smallest absolute Gasteiger partial charge is 0.226 e. The Morgan fingerprint density at radius 1 is 1.25 bits per heavy atom. The van der Waals surface area contributed by atoms with Crippen molar-refractivity contribution in [3.63, 3.8) is 0 Å². The minimum Gasteiger partial charge on any atom is -0.497 e. The Hall–Kier alpha value is -2.74. The highest BCUT2D eigenvalue weighted by Gasteiger charge is 2.11. The summed E-state index contributed by atoms with van der Waals surface area (Å²) in [4.78, 5) is 20.9. The minimum absolute atomic E-state index is 0.00556. The van der Waals surface area contributed by atoms with Gasteiger partial charge in [0.05, 0.1) is 24.4 Å². The van der Waals surface area contributed by atoms with Gasteiger partial charge in [0.15, 0.2) is 0 Å². The Labute approximate surface area is 168 Å². The van der Waals surface area contributed by atoms with Gasteiger partial charge < -0.3 is 14.6 Å². The van der Waals surface area contributed by atoms with Crippen LogP contribution in [0.5, 0.6) is 5.75 Å². The minimum atomic E-state index is -0.00556. The summed E-state index contributed by atoms with van der Waals surface area (Å²) in [5.41, 5.74) is 1.76. The number of nitrogens with zero attached hydrogens (tertiary/aromatic N) is 3. The first kappa shape index (κ1) is 20.0. The molecule has 0 unspecified atom stereocenters. The Kier molecular flexibility index (Phi) is 6.76. The van der Waals surface area contributed by atoms with E-state index < -0.39 is 0 Å². The number of hydrogen-bond acceptors (Lipinski definition) is 7. The summed E-state index contributed by atoms with van der Waals surface area (Å²) >= 11 is 1.63. The molecule has 0 saturated heterocycles. The van der Waals surface area contributed by atoms with Gasteiger partial charge in [-0.05, 0) is 30.7 Å². The summed E-state index contributed by atoms with van der Waals surface area (Å²) in [5, 5.41) is 9.99. The van der Waals surface area contributed by atoms with Crippen molar-refractivity contribution in [3.8, 4) is 17.1 Å². The monoisotopic (exact) mass is 400 g/mol. The molecular formula is C20H24N4O3S. The first-order chi connectivity index (χ1) is 13.5. The molecule has 1 amide bonds. The molecule has 0 radical (unpaired) electrons. The number of amides is 1.